The lowest BCUT2D eigenvalue weighted by atomic mass is 10.2. The Morgan fingerprint density at radius 2 is 2.14 bits per heavy atom. The van der Waals surface area contributed by atoms with Gasteiger partial charge >= 0.3 is 0 Å². The topological polar surface area (TPSA) is 64.3 Å². The van der Waals surface area contributed by atoms with Gasteiger partial charge in [-0.1, -0.05) is 12.1 Å². The van der Waals surface area contributed by atoms with Gasteiger partial charge in [0.2, 0.25) is 0 Å². The maximum atomic E-state index is 5.82. The molecule has 0 aliphatic heterocycles. The molecule has 3 aromatic rings. The lowest BCUT2D eigenvalue weighted by Crippen LogP contribution is -2.25. The Morgan fingerprint density at radius 1 is 1.27 bits per heavy atom. The zero-order valence-corrected chi connectivity index (χ0v) is 12.9. The highest BCUT2D eigenvalue weighted by atomic mass is 16.5. The van der Waals surface area contributed by atoms with Crippen LogP contribution in [0.5, 0.6) is 5.75 Å². The number of aromatic nitrogens is 4. The number of fused-ring (bicyclic) bond motifs is 1. The SMILES string of the molecule is Cc1cccc(OCC(C)Nc2cc(C)nc3ncnn23)c1. The van der Waals surface area contributed by atoms with Crippen LogP contribution in [0, 0.1) is 13.8 Å². The Labute approximate surface area is 129 Å². The summed E-state index contributed by atoms with van der Waals surface area (Å²) in [5.41, 5.74) is 2.09. The Hall–Kier alpha value is -2.63. The normalized spacial score (nSPS) is 12.3. The molecule has 0 saturated heterocycles. The van der Waals surface area contributed by atoms with E-state index < -0.39 is 0 Å². The van der Waals surface area contributed by atoms with Crippen molar-refractivity contribution in [2.24, 2.45) is 0 Å². The summed E-state index contributed by atoms with van der Waals surface area (Å²) in [5.74, 6) is 2.33. The second kappa shape index (κ2) is 6.01. The first kappa shape index (κ1) is 14.3. The van der Waals surface area contributed by atoms with Crippen LogP contribution in [-0.2, 0) is 0 Å². The van der Waals surface area contributed by atoms with Crippen LogP contribution < -0.4 is 10.1 Å². The Morgan fingerprint density at radius 3 is 2.95 bits per heavy atom. The monoisotopic (exact) mass is 297 g/mol. The van der Waals surface area contributed by atoms with Gasteiger partial charge in [0.1, 0.15) is 24.5 Å². The zero-order valence-electron chi connectivity index (χ0n) is 12.9. The number of anilines is 1. The largest absolute Gasteiger partial charge is 0.491 e. The quantitative estimate of drug-likeness (QED) is 0.784. The third kappa shape index (κ3) is 3.16. The first-order valence-corrected chi connectivity index (χ1v) is 7.25. The van der Waals surface area contributed by atoms with Gasteiger partial charge in [-0.05, 0) is 38.5 Å². The molecular weight excluding hydrogens is 278 g/mol. The molecule has 1 N–H and O–H groups in total. The van der Waals surface area contributed by atoms with Gasteiger partial charge in [0, 0.05) is 11.8 Å². The van der Waals surface area contributed by atoms with E-state index >= 15 is 0 Å². The van der Waals surface area contributed by atoms with E-state index in [9.17, 15) is 0 Å². The van der Waals surface area contributed by atoms with Crippen molar-refractivity contribution in [1.82, 2.24) is 19.6 Å². The van der Waals surface area contributed by atoms with E-state index in [0.717, 1.165) is 17.3 Å². The number of hydrogen-bond acceptors (Lipinski definition) is 5. The van der Waals surface area contributed by atoms with E-state index in [1.165, 1.54) is 11.9 Å². The fourth-order valence-electron chi connectivity index (χ4n) is 2.25. The number of benzene rings is 1. The smallest absolute Gasteiger partial charge is 0.254 e. The van der Waals surface area contributed by atoms with Gasteiger partial charge in [0.05, 0.1) is 6.04 Å². The first-order chi connectivity index (χ1) is 10.6. The van der Waals surface area contributed by atoms with E-state index in [1.807, 2.05) is 31.2 Å². The third-order valence-electron chi connectivity index (χ3n) is 3.26. The molecule has 1 atom stereocenters. The second-order valence-electron chi connectivity index (χ2n) is 5.43. The fourth-order valence-corrected chi connectivity index (χ4v) is 2.25. The summed E-state index contributed by atoms with van der Waals surface area (Å²) >= 11 is 0. The highest BCUT2D eigenvalue weighted by Gasteiger charge is 2.09. The number of ether oxygens (including phenoxy) is 1. The molecule has 2 aromatic heterocycles. The molecule has 0 fully saturated rings. The molecule has 0 aliphatic rings. The van der Waals surface area contributed by atoms with E-state index in [-0.39, 0.29) is 6.04 Å². The molecule has 0 amide bonds. The van der Waals surface area contributed by atoms with Crippen molar-refractivity contribution in [3.8, 4) is 5.75 Å². The van der Waals surface area contributed by atoms with Crippen LogP contribution in [0.15, 0.2) is 36.7 Å². The van der Waals surface area contributed by atoms with Gasteiger partial charge in [-0.2, -0.15) is 14.6 Å². The molecule has 0 saturated carbocycles. The summed E-state index contributed by atoms with van der Waals surface area (Å²) < 4.78 is 7.51. The highest BCUT2D eigenvalue weighted by molar-refractivity contribution is 5.45. The number of nitrogens with one attached hydrogen (secondary N) is 1. The number of rotatable bonds is 5. The minimum absolute atomic E-state index is 0.120. The van der Waals surface area contributed by atoms with Crippen LogP contribution in [-0.4, -0.2) is 32.2 Å². The summed E-state index contributed by atoms with van der Waals surface area (Å²) in [5, 5.41) is 7.57. The molecule has 114 valence electrons. The zero-order chi connectivity index (χ0) is 15.5. The average molecular weight is 297 g/mol. The van der Waals surface area contributed by atoms with Gasteiger partial charge in [0.15, 0.2) is 0 Å². The van der Waals surface area contributed by atoms with Gasteiger partial charge < -0.3 is 10.1 Å². The Balaban J connectivity index is 1.68. The van der Waals surface area contributed by atoms with Gasteiger partial charge in [-0.25, -0.2) is 4.98 Å². The molecule has 3 rings (SSSR count). The molecule has 0 aliphatic carbocycles. The molecule has 0 bridgehead atoms. The molecule has 1 unspecified atom stereocenters. The average Bonchev–Trinajstić information content (AvgIpc) is 2.93. The van der Waals surface area contributed by atoms with Gasteiger partial charge in [-0.3, -0.25) is 0 Å². The van der Waals surface area contributed by atoms with Crippen LogP contribution in [0.2, 0.25) is 0 Å². The van der Waals surface area contributed by atoms with Crippen molar-refractivity contribution >= 4 is 11.6 Å². The number of aryl methyl sites for hydroxylation is 2. The fraction of sp³-hybridized carbons (Fsp3) is 0.312. The van der Waals surface area contributed by atoms with Crippen molar-refractivity contribution in [1.29, 1.82) is 0 Å². The Bertz CT molecular complexity index is 783. The summed E-state index contributed by atoms with van der Waals surface area (Å²) in [4.78, 5) is 8.45. The standard InChI is InChI=1S/C16H19N5O/c1-11-5-4-6-14(7-11)22-9-13(3)19-15-8-12(2)20-16-17-10-18-21(15)16/h4-8,10,13,19H,9H2,1-3H3. The maximum absolute atomic E-state index is 5.82. The second-order valence-corrected chi connectivity index (χ2v) is 5.43. The van der Waals surface area contributed by atoms with Crippen LogP contribution in [0.3, 0.4) is 0 Å². The van der Waals surface area contributed by atoms with Gasteiger partial charge in [0.25, 0.3) is 5.78 Å². The summed E-state index contributed by atoms with van der Waals surface area (Å²) in [6, 6.07) is 10.1. The summed E-state index contributed by atoms with van der Waals surface area (Å²) in [6.07, 6.45) is 1.50. The minimum atomic E-state index is 0.120. The number of hydrogen-bond donors (Lipinski definition) is 1. The van der Waals surface area contributed by atoms with Crippen molar-refractivity contribution in [2.45, 2.75) is 26.8 Å². The van der Waals surface area contributed by atoms with Crippen molar-refractivity contribution in [2.75, 3.05) is 11.9 Å². The molecule has 0 radical (unpaired) electrons. The van der Waals surface area contributed by atoms with E-state index in [2.05, 4.69) is 40.3 Å². The molecule has 1 aromatic carbocycles. The third-order valence-corrected chi connectivity index (χ3v) is 3.26. The van der Waals surface area contributed by atoms with Gasteiger partial charge in [-0.15, -0.1) is 0 Å². The molecular formula is C16H19N5O. The predicted octanol–water partition coefficient (Wildman–Crippen LogP) is 2.62. The highest BCUT2D eigenvalue weighted by Crippen LogP contribution is 2.14. The van der Waals surface area contributed by atoms with E-state index in [1.54, 1.807) is 4.52 Å². The molecule has 0 spiro atoms. The Kier molecular flexibility index (Phi) is 3.91. The molecule has 2 heterocycles. The van der Waals surface area contributed by atoms with Crippen LogP contribution >= 0.6 is 0 Å². The summed E-state index contributed by atoms with van der Waals surface area (Å²) in [6.45, 7) is 6.61. The van der Waals surface area contributed by atoms with E-state index in [0.29, 0.717) is 12.4 Å². The predicted molar refractivity (Wildman–Crippen MR) is 85.3 cm³/mol. The first-order valence-electron chi connectivity index (χ1n) is 7.25. The molecule has 6 nitrogen and oxygen atoms in total. The minimum Gasteiger partial charge on any atom is -0.491 e. The van der Waals surface area contributed by atoms with E-state index in [4.69, 9.17) is 4.74 Å². The van der Waals surface area contributed by atoms with Crippen molar-refractivity contribution in [3.63, 3.8) is 0 Å². The summed E-state index contributed by atoms with van der Waals surface area (Å²) in [7, 11) is 0. The van der Waals surface area contributed by atoms with Crippen molar-refractivity contribution in [3.05, 3.63) is 47.9 Å². The van der Waals surface area contributed by atoms with Crippen molar-refractivity contribution < 1.29 is 4.74 Å². The maximum Gasteiger partial charge on any atom is 0.254 e. The van der Waals surface area contributed by atoms with Crippen LogP contribution in [0.1, 0.15) is 18.2 Å². The lowest BCUT2D eigenvalue weighted by Gasteiger charge is -2.17. The van der Waals surface area contributed by atoms with Crippen LogP contribution in [0.4, 0.5) is 5.82 Å². The molecule has 22 heavy (non-hydrogen) atoms. The van der Waals surface area contributed by atoms with Crippen LogP contribution in [0.25, 0.3) is 5.78 Å². The molecule has 6 heteroatoms. The number of nitrogens with zero attached hydrogens (tertiary/aromatic N) is 4. The lowest BCUT2D eigenvalue weighted by molar-refractivity contribution is 0.303.